The summed E-state index contributed by atoms with van der Waals surface area (Å²) in [5, 5.41) is 12.3. The van der Waals surface area contributed by atoms with Crippen LogP contribution >= 0.6 is 24.0 Å². The highest BCUT2D eigenvalue weighted by atomic mass is 127. The van der Waals surface area contributed by atoms with Gasteiger partial charge in [0.1, 0.15) is 11.6 Å². The molecule has 0 amide bonds. The zero-order valence-corrected chi connectivity index (χ0v) is 19.6. The van der Waals surface area contributed by atoms with E-state index in [1.807, 2.05) is 7.05 Å². The smallest absolute Gasteiger partial charge is 0.193 e. The van der Waals surface area contributed by atoms with Gasteiger partial charge in [0.15, 0.2) is 5.96 Å². The second-order valence-electron chi connectivity index (χ2n) is 7.35. The maximum absolute atomic E-state index is 4.43. The Balaban J connectivity index is 0.00000280. The zero-order valence-electron chi connectivity index (χ0n) is 17.3. The third-order valence-corrected chi connectivity index (χ3v) is 5.29. The Hall–Kier alpha value is -1.64. The monoisotopic (exact) mass is 496 g/mol. The number of nitrogens with zero attached hydrogens (tertiary/aromatic N) is 5. The number of aromatic nitrogens is 3. The molecule has 0 saturated carbocycles. The molecule has 0 bridgehead atoms. The Morgan fingerprint density at radius 1 is 1.21 bits per heavy atom. The van der Waals surface area contributed by atoms with Crippen molar-refractivity contribution >= 4 is 29.9 Å². The predicted octanol–water partition coefficient (Wildman–Crippen LogP) is 3.57. The molecule has 1 aliphatic rings. The number of fused-ring (bicyclic) bond motifs is 1. The first-order chi connectivity index (χ1) is 13.2. The predicted molar refractivity (Wildman–Crippen MR) is 125 cm³/mol. The second-order valence-corrected chi connectivity index (χ2v) is 7.35. The lowest BCUT2D eigenvalue weighted by atomic mass is 10.1. The normalized spacial score (nSPS) is 14.0. The van der Waals surface area contributed by atoms with E-state index >= 15 is 0 Å². The van der Waals surface area contributed by atoms with Crippen LogP contribution < -0.4 is 5.32 Å². The third kappa shape index (κ3) is 5.93. The van der Waals surface area contributed by atoms with Gasteiger partial charge in [0.05, 0.1) is 0 Å². The third-order valence-electron chi connectivity index (χ3n) is 5.29. The molecule has 0 fully saturated rings. The van der Waals surface area contributed by atoms with Crippen molar-refractivity contribution in [2.45, 2.75) is 58.5 Å². The van der Waals surface area contributed by atoms with Gasteiger partial charge >= 0.3 is 0 Å². The molecular formula is C21H33IN6. The summed E-state index contributed by atoms with van der Waals surface area (Å²) in [6, 6.07) is 8.50. The van der Waals surface area contributed by atoms with Crippen molar-refractivity contribution in [3.05, 3.63) is 47.0 Å². The minimum absolute atomic E-state index is 0. The van der Waals surface area contributed by atoms with Crippen LogP contribution in [-0.4, -0.2) is 46.3 Å². The number of guanidine groups is 1. The minimum Gasteiger partial charge on any atom is -0.356 e. The van der Waals surface area contributed by atoms with Crippen LogP contribution in [0.25, 0.3) is 0 Å². The fraction of sp³-hybridized carbons (Fsp3) is 0.571. The van der Waals surface area contributed by atoms with Gasteiger partial charge in [-0.1, -0.05) is 30.7 Å². The lowest BCUT2D eigenvalue weighted by Crippen LogP contribution is -2.39. The standard InChI is InChI=1S/C21H32N6.HI/c1-17-10-6-7-11-18(17)16-26(3)21(22-2)23-14-9-13-20-25-24-19-12-5-4-8-15-27(19)20;/h6-7,10-11H,4-5,8-9,12-16H2,1-3H3,(H,22,23);1H. The lowest BCUT2D eigenvalue weighted by Gasteiger charge is -2.23. The SMILES string of the molecule is CN=C(NCCCc1nnc2n1CCCCC2)N(C)Cc1ccccc1C.I. The number of hydrogen-bond acceptors (Lipinski definition) is 3. The summed E-state index contributed by atoms with van der Waals surface area (Å²) >= 11 is 0. The first kappa shape index (κ1) is 22.6. The van der Waals surface area contributed by atoms with E-state index < -0.39 is 0 Å². The summed E-state index contributed by atoms with van der Waals surface area (Å²) in [4.78, 5) is 6.60. The van der Waals surface area contributed by atoms with Crippen molar-refractivity contribution in [1.29, 1.82) is 0 Å². The van der Waals surface area contributed by atoms with Crippen LogP contribution in [0.2, 0.25) is 0 Å². The first-order valence-corrected chi connectivity index (χ1v) is 10.1. The minimum atomic E-state index is 0. The van der Waals surface area contributed by atoms with Gasteiger partial charge in [0.25, 0.3) is 0 Å². The Morgan fingerprint density at radius 3 is 2.82 bits per heavy atom. The molecule has 0 saturated heterocycles. The molecule has 3 rings (SSSR count). The van der Waals surface area contributed by atoms with Crippen molar-refractivity contribution in [1.82, 2.24) is 25.0 Å². The molecule has 0 atom stereocenters. The van der Waals surface area contributed by atoms with Gasteiger partial charge in [0.2, 0.25) is 0 Å². The molecule has 154 valence electrons. The fourth-order valence-electron chi connectivity index (χ4n) is 3.68. The number of nitrogens with one attached hydrogen (secondary N) is 1. The van der Waals surface area contributed by atoms with Gasteiger partial charge in [0, 0.05) is 46.6 Å². The first-order valence-electron chi connectivity index (χ1n) is 10.1. The van der Waals surface area contributed by atoms with E-state index in [0.29, 0.717) is 0 Å². The molecule has 1 N–H and O–H groups in total. The van der Waals surface area contributed by atoms with E-state index in [1.165, 1.54) is 36.2 Å². The number of aliphatic imine (C=N–C) groups is 1. The summed E-state index contributed by atoms with van der Waals surface area (Å²) in [7, 11) is 3.93. The van der Waals surface area contributed by atoms with Crippen molar-refractivity contribution in [2.75, 3.05) is 20.6 Å². The van der Waals surface area contributed by atoms with Crippen LogP contribution in [0, 0.1) is 6.92 Å². The Bertz CT molecular complexity index is 770. The lowest BCUT2D eigenvalue weighted by molar-refractivity contribution is 0.474. The van der Waals surface area contributed by atoms with Crippen LogP contribution in [0.3, 0.4) is 0 Å². The Labute approximate surface area is 185 Å². The molecule has 0 spiro atoms. The fourth-order valence-corrected chi connectivity index (χ4v) is 3.68. The summed E-state index contributed by atoms with van der Waals surface area (Å²) in [5.41, 5.74) is 2.64. The molecule has 1 aromatic carbocycles. The summed E-state index contributed by atoms with van der Waals surface area (Å²) in [5.74, 6) is 3.24. The molecule has 0 unspecified atom stereocenters. The van der Waals surface area contributed by atoms with Gasteiger partial charge in [-0.15, -0.1) is 34.2 Å². The highest BCUT2D eigenvalue weighted by Gasteiger charge is 2.14. The van der Waals surface area contributed by atoms with Crippen molar-refractivity contribution < 1.29 is 0 Å². The van der Waals surface area contributed by atoms with Crippen LogP contribution in [0.5, 0.6) is 0 Å². The van der Waals surface area contributed by atoms with Crippen LogP contribution in [0.1, 0.15) is 48.5 Å². The van der Waals surface area contributed by atoms with Crippen LogP contribution in [-0.2, 0) is 25.9 Å². The largest absolute Gasteiger partial charge is 0.356 e. The van der Waals surface area contributed by atoms with E-state index in [0.717, 1.165) is 50.7 Å². The molecular weight excluding hydrogens is 463 g/mol. The van der Waals surface area contributed by atoms with Crippen molar-refractivity contribution in [2.24, 2.45) is 4.99 Å². The second kappa shape index (κ2) is 11.4. The molecule has 2 aromatic rings. The quantitative estimate of drug-likeness (QED) is 0.288. The number of halogens is 1. The number of aryl methyl sites for hydroxylation is 3. The van der Waals surface area contributed by atoms with E-state index in [2.05, 4.69) is 68.2 Å². The molecule has 7 heteroatoms. The van der Waals surface area contributed by atoms with Gasteiger partial charge < -0.3 is 14.8 Å². The molecule has 1 aromatic heterocycles. The Morgan fingerprint density at radius 2 is 2.04 bits per heavy atom. The van der Waals surface area contributed by atoms with E-state index in [4.69, 9.17) is 0 Å². The number of hydrogen-bond donors (Lipinski definition) is 1. The van der Waals surface area contributed by atoms with Gasteiger partial charge in [-0.25, -0.2) is 0 Å². The van der Waals surface area contributed by atoms with E-state index in [1.54, 1.807) is 0 Å². The number of rotatable bonds is 6. The molecule has 0 radical (unpaired) electrons. The maximum Gasteiger partial charge on any atom is 0.193 e. The van der Waals surface area contributed by atoms with Gasteiger partial charge in [-0.05, 0) is 37.3 Å². The molecule has 6 nitrogen and oxygen atoms in total. The molecule has 1 aliphatic heterocycles. The topological polar surface area (TPSA) is 58.3 Å². The van der Waals surface area contributed by atoms with E-state index in [9.17, 15) is 0 Å². The van der Waals surface area contributed by atoms with Crippen molar-refractivity contribution in [3.8, 4) is 0 Å². The summed E-state index contributed by atoms with van der Waals surface area (Å²) in [6.45, 7) is 4.96. The molecule has 0 aliphatic carbocycles. The average molecular weight is 496 g/mol. The molecule has 28 heavy (non-hydrogen) atoms. The zero-order chi connectivity index (χ0) is 19.1. The Kier molecular flexibility index (Phi) is 9.21. The highest BCUT2D eigenvalue weighted by molar-refractivity contribution is 14.0. The van der Waals surface area contributed by atoms with Crippen LogP contribution in [0.4, 0.5) is 0 Å². The van der Waals surface area contributed by atoms with Crippen LogP contribution in [0.15, 0.2) is 29.3 Å². The maximum atomic E-state index is 4.43. The van der Waals surface area contributed by atoms with Gasteiger partial charge in [-0.2, -0.15) is 0 Å². The van der Waals surface area contributed by atoms with Crippen molar-refractivity contribution in [3.63, 3.8) is 0 Å². The summed E-state index contributed by atoms with van der Waals surface area (Å²) in [6.07, 6.45) is 6.83. The number of benzene rings is 1. The van der Waals surface area contributed by atoms with Gasteiger partial charge in [-0.3, -0.25) is 4.99 Å². The summed E-state index contributed by atoms with van der Waals surface area (Å²) < 4.78 is 2.34. The highest BCUT2D eigenvalue weighted by Crippen LogP contribution is 2.15. The van der Waals surface area contributed by atoms with E-state index in [-0.39, 0.29) is 24.0 Å². The average Bonchev–Trinajstić information content (AvgIpc) is 2.90. The molecule has 2 heterocycles.